The zero-order chi connectivity index (χ0) is 12.3. The van der Waals surface area contributed by atoms with E-state index in [4.69, 9.17) is 5.73 Å². The summed E-state index contributed by atoms with van der Waals surface area (Å²) in [5.41, 5.74) is 10.4. The number of nitrogens with zero attached hydrogens (tertiary/aromatic N) is 1. The summed E-state index contributed by atoms with van der Waals surface area (Å²) in [6.07, 6.45) is 0. The van der Waals surface area contributed by atoms with Gasteiger partial charge in [-0.1, -0.05) is 30.3 Å². The lowest BCUT2D eigenvalue weighted by Gasteiger charge is -2.26. The Kier molecular flexibility index (Phi) is 3.33. The molecule has 0 amide bonds. The Balaban J connectivity index is 2.48. The van der Waals surface area contributed by atoms with Crippen LogP contribution in [0.5, 0.6) is 0 Å². The van der Waals surface area contributed by atoms with Crippen molar-refractivity contribution in [1.82, 2.24) is 0 Å². The molecule has 88 valence electrons. The molecule has 0 saturated carbocycles. The second kappa shape index (κ2) is 4.91. The Morgan fingerprint density at radius 2 is 1.53 bits per heavy atom. The van der Waals surface area contributed by atoms with E-state index >= 15 is 0 Å². The molecule has 0 bridgehead atoms. The molecule has 0 saturated heterocycles. The molecule has 0 unspecified atom stereocenters. The lowest BCUT2D eigenvalue weighted by Crippen LogP contribution is -2.18. The van der Waals surface area contributed by atoms with E-state index in [0.717, 1.165) is 17.9 Å². The first-order valence-corrected chi connectivity index (χ1v) is 5.91. The molecule has 0 aliphatic carbocycles. The van der Waals surface area contributed by atoms with Crippen molar-refractivity contribution in [3.8, 4) is 0 Å². The average Bonchev–Trinajstić information content (AvgIpc) is 2.34. The van der Waals surface area contributed by atoms with Crippen LogP contribution in [0, 0.1) is 6.92 Å². The molecule has 2 heteroatoms. The molecule has 0 aliphatic heterocycles. The topological polar surface area (TPSA) is 29.3 Å². The minimum absolute atomic E-state index is 0.817. The molecule has 0 fully saturated rings. The van der Waals surface area contributed by atoms with Crippen LogP contribution in [0.4, 0.5) is 17.1 Å². The van der Waals surface area contributed by atoms with Gasteiger partial charge in [0.25, 0.3) is 0 Å². The van der Waals surface area contributed by atoms with E-state index < -0.39 is 0 Å². The molecule has 0 aliphatic rings. The van der Waals surface area contributed by atoms with Gasteiger partial charge in [0.15, 0.2) is 0 Å². The van der Waals surface area contributed by atoms with Gasteiger partial charge in [0.1, 0.15) is 0 Å². The second-order valence-electron chi connectivity index (χ2n) is 4.09. The molecule has 2 rings (SSSR count). The zero-order valence-corrected chi connectivity index (χ0v) is 10.4. The summed E-state index contributed by atoms with van der Waals surface area (Å²) in [4.78, 5) is 2.24. The van der Waals surface area contributed by atoms with E-state index in [1.807, 2.05) is 18.2 Å². The number of aryl methyl sites for hydroxylation is 1. The van der Waals surface area contributed by atoms with Gasteiger partial charge in [-0.2, -0.15) is 0 Å². The van der Waals surface area contributed by atoms with Crippen molar-refractivity contribution in [3.63, 3.8) is 0 Å². The number of anilines is 3. The predicted molar refractivity (Wildman–Crippen MR) is 74.7 cm³/mol. The van der Waals surface area contributed by atoms with E-state index in [1.54, 1.807) is 0 Å². The summed E-state index contributed by atoms with van der Waals surface area (Å²) in [6.45, 7) is 5.16. The van der Waals surface area contributed by atoms with Crippen LogP contribution < -0.4 is 10.6 Å². The van der Waals surface area contributed by atoms with E-state index in [9.17, 15) is 0 Å². The molecule has 2 aromatic carbocycles. The molecule has 0 aromatic heterocycles. The lowest BCUT2D eigenvalue weighted by atomic mass is 10.1. The van der Waals surface area contributed by atoms with Crippen LogP contribution in [0.25, 0.3) is 0 Å². The Hall–Kier alpha value is -1.96. The Morgan fingerprint density at radius 1 is 0.941 bits per heavy atom. The Morgan fingerprint density at radius 3 is 2.12 bits per heavy atom. The van der Waals surface area contributed by atoms with Crippen LogP contribution in [0.15, 0.2) is 48.5 Å². The highest BCUT2D eigenvalue weighted by atomic mass is 15.1. The summed E-state index contributed by atoms with van der Waals surface area (Å²) in [5, 5.41) is 0. The van der Waals surface area contributed by atoms with Gasteiger partial charge in [0.05, 0.1) is 11.4 Å². The number of rotatable bonds is 3. The van der Waals surface area contributed by atoms with Crippen LogP contribution in [0.2, 0.25) is 0 Å². The molecule has 0 heterocycles. The highest BCUT2D eigenvalue weighted by Gasteiger charge is 2.11. The fourth-order valence-corrected chi connectivity index (χ4v) is 2.07. The van der Waals surface area contributed by atoms with Gasteiger partial charge < -0.3 is 10.6 Å². The third-order valence-electron chi connectivity index (χ3n) is 2.95. The molecule has 0 atom stereocenters. The summed E-state index contributed by atoms with van der Waals surface area (Å²) in [6, 6.07) is 16.4. The number of hydrogen-bond donors (Lipinski definition) is 1. The van der Waals surface area contributed by atoms with Crippen LogP contribution in [-0.2, 0) is 0 Å². The average molecular weight is 226 g/mol. The maximum Gasteiger partial charge on any atom is 0.0644 e. The number of nitrogens with two attached hydrogens (primary N) is 1. The van der Waals surface area contributed by atoms with Crippen LogP contribution >= 0.6 is 0 Å². The second-order valence-corrected chi connectivity index (χ2v) is 4.09. The summed E-state index contributed by atoms with van der Waals surface area (Å²) >= 11 is 0. The molecule has 0 radical (unpaired) electrons. The predicted octanol–water partition coefficient (Wildman–Crippen LogP) is 3.74. The zero-order valence-electron chi connectivity index (χ0n) is 10.4. The van der Waals surface area contributed by atoms with Gasteiger partial charge in [-0.15, -0.1) is 0 Å². The standard InChI is InChI=1S/C15H18N2/c1-3-17(14-10-6-4-8-12(14)2)15-11-7-5-9-13(15)16/h4-11H,3,16H2,1-2H3. The molecule has 17 heavy (non-hydrogen) atoms. The first kappa shape index (κ1) is 11.5. The number of benzene rings is 2. The fourth-order valence-electron chi connectivity index (χ4n) is 2.07. The van der Waals surface area contributed by atoms with Gasteiger partial charge in [0, 0.05) is 12.2 Å². The largest absolute Gasteiger partial charge is 0.397 e. The first-order valence-electron chi connectivity index (χ1n) is 5.91. The van der Waals surface area contributed by atoms with Crippen LogP contribution in [0.3, 0.4) is 0 Å². The fraction of sp³-hybridized carbons (Fsp3) is 0.200. The molecule has 2 aromatic rings. The molecular weight excluding hydrogens is 208 g/mol. The third-order valence-corrected chi connectivity index (χ3v) is 2.95. The summed E-state index contributed by atoms with van der Waals surface area (Å²) in [5.74, 6) is 0. The highest BCUT2D eigenvalue weighted by Crippen LogP contribution is 2.31. The Labute approximate surface area is 103 Å². The quantitative estimate of drug-likeness (QED) is 0.808. The lowest BCUT2D eigenvalue weighted by molar-refractivity contribution is 1.02. The molecular formula is C15H18N2. The summed E-state index contributed by atoms with van der Waals surface area (Å²) in [7, 11) is 0. The van der Waals surface area contributed by atoms with Gasteiger partial charge >= 0.3 is 0 Å². The summed E-state index contributed by atoms with van der Waals surface area (Å²) < 4.78 is 0. The molecule has 2 N–H and O–H groups in total. The smallest absolute Gasteiger partial charge is 0.0644 e. The van der Waals surface area contributed by atoms with E-state index in [2.05, 4.69) is 49.1 Å². The first-order chi connectivity index (χ1) is 8.24. The normalized spacial score (nSPS) is 10.2. The van der Waals surface area contributed by atoms with Gasteiger partial charge in [-0.25, -0.2) is 0 Å². The van der Waals surface area contributed by atoms with Crippen molar-refractivity contribution >= 4 is 17.1 Å². The van der Waals surface area contributed by atoms with Crippen LogP contribution in [-0.4, -0.2) is 6.54 Å². The molecule has 2 nitrogen and oxygen atoms in total. The maximum atomic E-state index is 6.04. The SMILES string of the molecule is CCN(c1ccccc1C)c1ccccc1N. The van der Waals surface area contributed by atoms with E-state index in [-0.39, 0.29) is 0 Å². The minimum Gasteiger partial charge on any atom is -0.397 e. The monoisotopic (exact) mass is 226 g/mol. The van der Waals surface area contributed by atoms with E-state index in [1.165, 1.54) is 11.3 Å². The van der Waals surface area contributed by atoms with Crippen LogP contribution in [0.1, 0.15) is 12.5 Å². The van der Waals surface area contributed by atoms with Crippen molar-refractivity contribution in [1.29, 1.82) is 0 Å². The van der Waals surface area contributed by atoms with Crippen molar-refractivity contribution in [2.75, 3.05) is 17.2 Å². The van der Waals surface area contributed by atoms with Gasteiger partial charge in [-0.05, 0) is 37.6 Å². The Bertz CT molecular complexity index is 460. The third kappa shape index (κ3) is 2.26. The van der Waals surface area contributed by atoms with Crippen molar-refractivity contribution < 1.29 is 0 Å². The highest BCUT2D eigenvalue weighted by molar-refractivity contribution is 5.75. The van der Waals surface area contributed by atoms with E-state index in [0.29, 0.717) is 0 Å². The molecule has 0 spiro atoms. The van der Waals surface area contributed by atoms with Crippen molar-refractivity contribution in [2.24, 2.45) is 0 Å². The van der Waals surface area contributed by atoms with Crippen molar-refractivity contribution in [2.45, 2.75) is 13.8 Å². The minimum atomic E-state index is 0.817. The van der Waals surface area contributed by atoms with Gasteiger partial charge in [-0.3, -0.25) is 0 Å². The number of para-hydroxylation sites is 3. The maximum absolute atomic E-state index is 6.04. The van der Waals surface area contributed by atoms with Crippen molar-refractivity contribution in [3.05, 3.63) is 54.1 Å². The number of nitrogen functional groups attached to an aromatic ring is 1. The number of hydrogen-bond acceptors (Lipinski definition) is 2. The van der Waals surface area contributed by atoms with Gasteiger partial charge in [0.2, 0.25) is 0 Å².